The van der Waals surface area contributed by atoms with Crippen molar-refractivity contribution in [3.8, 4) is 0 Å². The van der Waals surface area contributed by atoms with E-state index in [0.717, 1.165) is 5.69 Å². The first-order valence-corrected chi connectivity index (χ1v) is 6.90. The summed E-state index contributed by atoms with van der Waals surface area (Å²) in [5, 5.41) is 6.85. The molecular weight excluding hydrogens is 284 g/mol. The van der Waals surface area contributed by atoms with Crippen LogP contribution in [-0.4, -0.2) is 34.4 Å². The first kappa shape index (κ1) is 15.8. The molecule has 22 heavy (non-hydrogen) atoms. The van der Waals surface area contributed by atoms with Gasteiger partial charge in [0.05, 0.1) is 24.9 Å². The van der Waals surface area contributed by atoms with Crippen molar-refractivity contribution in [3.05, 3.63) is 58.3 Å². The predicted octanol–water partition coefficient (Wildman–Crippen LogP) is 0.776. The largest absolute Gasteiger partial charge is 0.383 e. The highest BCUT2D eigenvalue weighted by atomic mass is 16.5. The molecule has 0 radical (unpaired) electrons. The highest BCUT2D eigenvalue weighted by Gasteiger charge is 2.14. The minimum Gasteiger partial charge on any atom is -0.383 e. The first-order valence-electron chi connectivity index (χ1n) is 6.90. The number of aromatic nitrogens is 3. The van der Waals surface area contributed by atoms with Gasteiger partial charge in [-0.3, -0.25) is 14.6 Å². The quantitative estimate of drug-likeness (QED) is 0.852. The van der Waals surface area contributed by atoms with Gasteiger partial charge >= 0.3 is 0 Å². The molecule has 2 aromatic rings. The summed E-state index contributed by atoms with van der Waals surface area (Å²) < 4.78 is 6.13. The van der Waals surface area contributed by atoms with E-state index >= 15 is 0 Å². The molecule has 0 bridgehead atoms. The van der Waals surface area contributed by atoms with E-state index in [4.69, 9.17) is 4.74 Å². The summed E-state index contributed by atoms with van der Waals surface area (Å²) in [5.74, 6) is -0.357. The van der Waals surface area contributed by atoms with E-state index in [0.29, 0.717) is 13.2 Å². The molecule has 2 aromatic heterocycles. The molecular formula is C15H18N4O3. The Labute approximate surface area is 128 Å². The lowest BCUT2D eigenvalue weighted by molar-refractivity contribution is 0.0930. The second-order valence-electron chi connectivity index (χ2n) is 4.72. The maximum absolute atomic E-state index is 12.2. The van der Waals surface area contributed by atoms with Gasteiger partial charge in [-0.05, 0) is 25.1 Å². The Morgan fingerprint density at radius 2 is 2.18 bits per heavy atom. The Hall–Kier alpha value is -2.54. The fourth-order valence-electron chi connectivity index (χ4n) is 1.88. The van der Waals surface area contributed by atoms with Crippen LogP contribution < -0.4 is 10.9 Å². The average molecular weight is 302 g/mol. The molecule has 0 saturated carbocycles. The molecule has 1 amide bonds. The summed E-state index contributed by atoms with van der Waals surface area (Å²) in [6.45, 7) is 2.48. The van der Waals surface area contributed by atoms with Gasteiger partial charge in [-0.2, -0.15) is 5.10 Å². The third kappa shape index (κ3) is 3.98. The monoisotopic (exact) mass is 302 g/mol. The Morgan fingerprint density at radius 3 is 2.86 bits per heavy atom. The van der Waals surface area contributed by atoms with Crippen LogP contribution in [0, 0.1) is 0 Å². The van der Waals surface area contributed by atoms with Crippen LogP contribution in [0.5, 0.6) is 0 Å². The zero-order valence-corrected chi connectivity index (χ0v) is 12.5. The van der Waals surface area contributed by atoms with Gasteiger partial charge in [-0.1, -0.05) is 6.07 Å². The molecule has 1 atom stereocenters. The standard InChI is InChI=1S/C15H18N4O3/c1-11(12-5-3-4-8-16-12)17-15(21)13-6-7-14(20)19(18-13)9-10-22-2/h3-8,11H,9-10H2,1-2H3,(H,17,21)/t11-/m0/s1. The number of ether oxygens (including phenoxy) is 1. The molecule has 116 valence electrons. The van der Waals surface area contributed by atoms with Crippen molar-refractivity contribution in [1.29, 1.82) is 0 Å². The second kappa shape index (κ2) is 7.46. The fraction of sp³-hybridized carbons (Fsp3) is 0.333. The van der Waals surface area contributed by atoms with Gasteiger partial charge in [0.25, 0.3) is 11.5 Å². The van der Waals surface area contributed by atoms with Crippen LogP contribution in [0.3, 0.4) is 0 Å². The molecule has 0 aliphatic heterocycles. The minimum absolute atomic E-state index is 0.179. The summed E-state index contributed by atoms with van der Waals surface area (Å²) in [7, 11) is 1.54. The molecule has 0 aliphatic carbocycles. The number of nitrogens with one attached hydrogen (secondary N) is 1. The van der Waals surface area contributed by atoms with Crippen LogP contribution in [-0.2, 0) is 11.3 Å². The van der Waals surface area contributed by atoms with Crippen LogP contribution in [0.4, 0.5) is 0 Å². The van der Waals surface area contributed by atoms with Crippen molar-refractivity contribution in [3.63, 3.8) is 0 Å². The highest BCUT2D eigenvalue weighted by Crippen LogP contribution is 2.08. The van der Waals surface area contributed by atoms with Crippen LogP contribution in [0.15, 0.2) is 41.3 Å². The number of carbonyl (C=O) groups is 1. The average Bonchev–Trinajstić information content (AvgIpc) is 2.54. The summed E-state index contributed by atoms with van der Waals surface area (Å²) >= 11 is 0. The molecule has 0 spiro atoms. The summed E-state index contributed by atoms with van der Waals surface area (Å²) in [6, 6.07) is 7.97. The number of rotatable bonds is 6. The summed E-state index contributed by atoms with van der Waals surface area (Å²) in [5.41, 5.74) is 0.661. The molecule has 0 aliphatic rings. The molecule has 0 fully saturated rings. The van der Waals surface area contributed by atoms with Crippen molar-refractivity contribution < 1.29 is 9.53 Å². The number of hydrogen-bond acceptors (Lipinski definition) is 5. The number of methoxy groups -OCH3 is 1. The Kier molecular flexibility index (Phi) is 5.37. The summed E-state index contributed by atoms with van der Waals surface area (Å²) in [4.78, 5) is 28.1. The van der Waals surface area contributed by atoms with Crippen molar-refractivity contribution >= 4 is 5.91 Å². The van der Waals surface area contributed by atoms with E-state index in [1.807, 2.05) is 25.1 Å². The number of nitrogens with zero attached hydrogens (tertiary/aromatic N) is 3. The highest BCUT2D eigenvalue weighted by molar-refractivity contribution is 5.92. The maximum atomic E-state index is 12.2. The van der Waals surface area contributed by atoms with Gasteiger partial charge in [0.2, 0.25) is 0 Å². The predicted molar refractivity (Wildman–Crippen MR) is 80.5 cm³/mol. The number of pyridine rings is 1. The lowest BCUT2D eigenvalue weighted by Gasteiger charge is -2.13. The number of hydrogen-bond donors (Lipinski definition) is 1. The lowest BCUT2D eigenvalue weighted by Crippen LogP contribution is -2.32. The molecule has 2 rings (SSSR count). The SMILES string of the molecule is COCCn1nc(C(=O)N[C@@H](C)c2ccccn2)ccc1=O. The molecule has 7 nitrogen and oxygen atoms in total. The van der Waals surface area contributed by atoms with Crippen LogP contribution in [0.25, 0.3) is 0 Å². The first-order chi connectivity index (χ1) is 10.6. The molecule has 0 unspecified atom stereocenters. The van der Waals surface area contributed by atoms with Gasteiger partial charge in [-0.15, -0.1) is 0 Å². The van der Waals surface area contributed by atoms with E-state index in [1.54, 1.807) is 6.20 Å². The zero-order chi connectivity index (χ0) is 15.9. The third-order valence-corrected chi connectivity index (χ3v) is 3.09. The van der Waals surface area contributed by atoms with Gasteiger partial charge in [0.15, 0.2) is 0 Å². The topological polar surface area (TPSA) is 86.1 Å². The van der Waals surface area contributed by atoms with Crippen molar-refractivity contribution in [2.75, 3.05) is 13.7 Å². The van der Waals surface area contributed by atoms with Gasteiger partial charge in [0, 0.05) is 19.4 Å². The Morgan fingerprint density at radius 1 is 1.36 bits per heavy atom. The van der Waals surface area contributed by atoms with Gasteiger partial charge in [0.1, 0.15) is 5.69 Å². The third-order valence-electron chi connectivity index (χ3n) is 3.09. The van der Waals surface area contributed by atoms with Gasteiger partial charge in [-0.25, -0.2) is 4.68 Å². The van der Waals surface area contributed by atoms with Crippen molar-refractivity contribution in [2.45, 2.75) is 19.5 Å². The van der Waals surface area contributed by atoms with Crippen molar-refractivity contribution in [2.24, 2.45) is 0 Å². The second-order valence-corrected chi connectivity index (χ2v) is 4.72. The molecule has 0 saturated heterocycles. The molecule has 0 aromatic carbocycles. The zero-order valence-electron chi connectivity index (χ0n) is 12.5. The Balaban J connectivity index is 2.11. The van der Waals surface area contributed by atoms with Crippen LogP contribution in [0.1, 0.15) is 29.1 Å². The van der Waals surface area contributed by atoms with Crippen LogP contribution >= 0.6 is 0 Å². The lowest BCUT2D eigenvalue weighted by atomic mass is 10.2. The number of carbonyl (C=O) groups excluding carboxylic acids is 1. The number of amides is 1. The fourth-order valence-corrected chi connectivity index (χ4v) is 1.88. The minimum atomic E-state index is -0.357. The van der Waals surface area contributed by atoms with E-state index in [2.05, 4.69) is 15.4 Å². The Bertz CT molecular complexity index is 685. The molecule has 2 heterocycles. The molecule has 7 heteroatoms. The summed E-state index contributed by atoms with van der Waals surface area (Å²) in [6.07, 6.45) is 1.67. The normalized spacial score (nSPS) is 11.9. The van der Waals surface area contributed by atoms with E-state index in [9.17, 15) is 9.59 Å². The van der Waals surface area contributed by atoms with Gasteiger partial charge < -0.3 is 10.1 Å². The van der Waals surface area contributed by atoms with E-state index in [-0.39, 0.29) is 23.2 Å². The van der Waals surface area contributed by atoms with Crippen molar-refractivity contribution in [1.82, 2.24) is 20.1 Å². The maximum Gasteiger partial charge on any atom is 0.272 e. The molecule has 1 N–H and O–H groups in total. The van der Waals surface area contributed by atoms with Crippen LogP contribution in [0.2, 0.25) is 0 Å². The smallest absolute Gasteiger partial charge is 0.272 e. The van der Waals surface area contributed by atoms with E-state index < -0.39 is 0 Å². The van der Waals surface area contributed by atoms with E-state index in [1.165, 1.54) is 23.9 Å².